The number of aromatic nitrogens is 1. The third kappa shape index (κ3) is 4.67. The van der Waals surface area contributed by atoms with Gasteiger partial charge in [0.05, 0.1) is 5.56 Å². The molecule has 0 aliphatic rings. The molecule has 1 heterocycles. The first kappa shape index (κ1) is 18.5. The maximum atomic E-state index is 13.3. The Morgan fingerprint density at radius 3 is 2.44 bits per heavy atom. The van der Waals surface area contributed by atoms with Crippen LogP contribution in [0.4, 0.5) is 20.3 Å². The number of amides is 1. The van der Waals surface area contributed by atoms with Gasteiger partial charge in [-0.05, 0) is 36.8 Å². The summed E-state index contributed by atoms with van der Waals surface area (Å²) >= 11 is 0. The SMILES string of the molecule is CCN(Cc1ccccc1)C(=O)c1ccc(Nc2ccc(F)c(F)c2)nc1. The molecule has 0 unspecified atom stereocenters. The van der Waals surface area contributed by atoms with E-state index in [1.807, 2.05) is 37.3 Å². The number of rotatable bonds is 6. The summed E-state index contributed by atoms with van der Waals surface area (Å²) in [5.74, 6) is -1.53. The van der Waals surface area contributed by atoms with Crippen LogP contribution < -0.4 is 5.32 Å². The van der Waals surface area contributed by atoms with Crippen LogP contribution in [0.5, 0.6) is 0 Å². The highest BCUT2D eigenvalue weighted by molar-refractivity contribution is 5.94. The lowest BCUT2D eigenvalue weighted by Gasteiger charge is -2.21. The fourth-order valence-corrected chi connectivity index (χ4v) is 2.63. The highest BCUT2D eigenvalue weighted by Crippen LogP contribution is 2.18. The van der Waals surface area contributed by atoms with Gasteiger partial charge in [0.2, 0.25) is 0 Å². The topological polar surface area (TPSA) is 45.2 Å². The van der Waals surface area contributed by atoms with Crippen molar-refractivity contribution in [3.8, 4) is 0 Å². The molecule has 2 aromatic carbocycles. The molecule has 1 aromatic heterocycles. The van der Waals surface area contributed by atoms with Gasteiger partial charge in [0, 0.05) is 31.0 Å². The zero-order chi connectivity index (χ0) is 19.2. The average Bonchev–Trinajstić information content (AvgIpc) is 2.70. The lowest BCUT2D eigenvalue weighted by atomic mass is 10.2. The molecule has 4 nitrogen and oxygen atoms in total. The molecular formula is C21H19F2N3O. The molecule has 0 saturated carbocycles. The van der Waals surface area contributed by atoms with E-state index in [4.69, 9.17) is 0 Å². The quantitative estimate of drug-likeness (QED) is 0.683. The maximum Gasteiger partial charge on any atom is 0.255 e. The smallest absolute Gasteiger partial charge is 0.255 e. The fourth-order valence-electron chi connectivity index (χ4n) is 2.63. The molecule has 0 saturated heterocycles. The van der Waals surface area contributed by atoms with Crippen molar-refractivity contribution < 1.29 is 13.6 Å². The number of anilines is 2. The number of carbonyl (C=O) groups is 1. The number of halogens is 2. The number of nitrogens with zero attached hydrogens (tertiary/aromatic N) is 2. The van der Waals surface area contributed by atoms with E-state index in [2.05, 4.69) is 10.3 Å². The Morgan fingerprint density at radius 1 is 1.04 bits per heavy atom. The highest BCUT2D eigenvalue weighted by atomic mass is 19.2. The molecule has 6 heteroatoms. The van der Waals surface area contributed by atoms with Gasteiger partial charge >= 0.3 is 0 Å². The largest absolute Gasteiger partial charge is 0.340 e. The number of hydrogen-bond acceptors (Lipinski definition) is 3. The molecule has 1 N–H and O–H groups in total. The summed E-state index contributed by atoms with van der Waals surface area (Å²) in [5, 5.41) is 2.88. The van der Waals surface area contributed by atoms with E-state index >= 15 is 0 Å². The van der Waals surface area contributed by atoms with Crippen LogP contribution in [0.25, 0.3) is 0 Å². The standard InChI is InChI=1S/C21H19F2N3O/c1-2-26(14-15-6-4-3-5-7-15)21(27)16-8-11-20(24-13-16)25-17-9-10-18(22)19(23)12-17/h3-13H,2,14H2,1H3,(H,24,25). The first-order chi connectivity index (χ1) is 13.1. The van der Waals surface area contributed by atoms with E-state index < -0.39 is 11.6 Å². The minimum Gasteiger partial charge on any atom is -0.340 e. The monoisotopic (exact) mass is 367 g/mol. The summed E-state index contributed by atoms with van der Waals surface area (Å²) in [4.78, 5) is 18.6. The van der Waals surface area contributed by atoms with E-state index in [1.54, 1.807) is 17.0 Å². The predicted octanol–water partition coefficient (Wildman–Crippen LogP) is 4.77. The number of benzene rings is 2. The van der Waals surface area contributed by atoms with Crippen molar-refractivity contribution in [2.24, 2.45) is 0 Å². The van der Waals surface area contributed by atoms with Gasteiger partial charge in [-0.3, -0.25) is 4.79 Å². The van der Waals surface area contributed by atoms with Crippen LogP contribution >= 0.6 is 0 Å². The molecule has 0 aliphatic heterocycles. The zero-order valence-corrected chi connectivity index (χ0v) is 14.8. The molecule has 3 aromatic rings. The zero-order valence-electron chi connectivity index (χ0n) is 14.8. The van der Waals surface area contributed by atoms with Crippen molar-refractivity contribution in [1.29, 1.82) is 0 Å². The van der Waals surface area contributed by atoms with Crippen LogP contribution in [0.1, 0.15) is 22.8 Å². The third-order valence-corrected chi connectivity index (χ3v) is 4.09. The van der Waals surface area contributed by atoms with Gasteiger partial charge in [-0.15, -0.1) is 0 Å². The van der Waals surface area contributed by atoms with Gasteiger partial charge in [0.1, 0.15) is 5.82 Å². The highest BCUT2D eigenvalue weighted by Gasteiger charge is 2.15. The molecule has 3 rings (SSSR count). The summed E-state index contributed by atoms with van der Waals surface area (Å²) in [6.07, 6.45) is 1.47. The van der Waals surface area contributed by atoms with E-state index in [9.17, 15) is 13.6 Å². The predicted molar refractivity (Wildman–Crippen MR) is 101 cm³/mol. The lowest BCUT2D eigenvalue weighted by molar-refractivity contribution is 0.0752. The van der Waals surface area contributed by atoms with E-state index in [1.165, 1.54) is 12.3 Å². The minimum absolute atomic E-state index is 0.117. The van der Waals surface area contributed by atoms with Crippen LogP contribution in [0.15, 0.2) is 66.9 Å². The molecule has 1 amide bonds. The first-order valence-corrected chi connectivity index (χ1v) is 8.58. The average molecular weight is 367 g/mol. The Labute approximate surface area is 156 Å². The van der Waals surface area contributed by atoms with Crippen molar-refractivity contribution >= 4 is 17.4 Å². The second kappa shape index (κ2) is 8.40. The Kier molecular flexibility index (Phi) is 5.76. The molecule has 138 valence electrons. The van der Waals surface area contributed by atoms with Crippen LogP contribution in [0.3, 0.4) is 0 Å². The Bertz CT molecular complexity index is 914. The third-order valence-electron chi connectivity index (χ3n) is 4.09. The Balaban J connectivity index is 1.69. The molecule has 0 radical (unpaired) electrons. The van der Waals surface area contributed by atoms with Crippen molar-refractivity contribution in [3.05, 3.63) is 89.6 Å². The normalized spacial score (nSPS) is 10.5. The lowest BCUT2D eigenvalue weighted by Crippen LogP contribution is -2.30. The number of hydrogen-bond donors (Lipinski definition) is 1. The van der Waals surface area contributed by atoms with Crippen molar-refractivity contribution in [2.45, 2.75) is 13.5 Å². The van der Waals surface area contributed by atoms with Gasteiger partial charge in [-0.2, -0.15) is 0 Å². The summed E-state index contributed by atoms with van der Waals surface area (Å²) < 4.78 is 26.3. The molecule has 0 fully saturated rings. The van der Waals surface area contributed by atoms with E-state index in [-0.39, 0.29) is 5.91 Å². The van der Waals surface area contributed by atoms with Crippen LogP contribution in [0, 0.1) is 11.6 Å². The van der Waals surface area contributed by atoms with Crippen molar-refractivity contribution in [2.75, 3.05) is 11.9 Å². The summed E-state index contributed by atoms with van der Waals surface area (Å²) in [6.45, 7) is 3.01. The van der Waals surface area contributed by atoms with Gasteiger partial charge < -0.3 is 10.2 Å². The summed E-state index contributed by atoms with van der Waals surface area (Å²) in [7, 11) is 0. The van der Waals surface area contributed by atoms with Crippen molar-refractivity contribution in [3.63, 3.8) is 0 Å². The molecular weight excluding hydrogens is 348 g/mol. The first-order valence-electron chi connectivity index (χ1n) is 8.58. The number of carbonyl (C=O) groups excluding carboxylic acids is 1. The number of pyridine rings is 1. The second-order valence-electron chi connectivity index (χ2n) is 5.99. The van der Waals surface area contributed by atoms with Gasteiger partial charge in [-0.1, -0.05) is 30.3 Å². The van der Waals surface area contributed by atoms with Crippen molar-refractivity contribution in [1.82, 2.24) is 9.88 Å². The maximum absolute atomic E-state index is 13.3. The fraction of sp³-hybridized carbons (Fsp3) is 0.143. The van der Waals surface area contributed by atoms with E-state index in [0.29, 0.717) is 30.2 Å². The second-order valence-corrected chi connectivity index (χ2v) is 5.99. The van der Waals surface area contributed by atoms with Crippen LogP contribution in [-0.4, -0.2) is 22.3 Å². The Hall–Kier alpha value is -3.28. The van der Waals surface area contributed by atoms with Gasteiger partial charge in [-0.25, -0.2) is 13.8 Å². The van der Waals surface area contributed by atoms with Crippen LogP contribution in [-0.2, 0) is 6.54 Å². The molecule has 0 atom stereocenters. The minimum atomic E-state index is -0.939. The molecule has 0 spiro atoms. The molecule has 0 aliphatic carbocycles. The summed E-state index contributed by atoms with van der Waals surface area (Å²) in [6, 6.07) is 16.6. The van der Waals surface area contributed by atoms with Crippen LogP contribution in [0.2, 0.25) is 0 Å². The number of nitrogens with one attached hydrogen (secondary N) is 1. The molecule has 0 bridgehead atoms. The molecule has 27 heavy (non-hydrogen) atoms. The van der Waals surface area contributed by atoms with Gasteiger partial charge in [0.25, 0.3) is 5.91 Å². The Morgan fingerprint density at radius 2 is 1.81 bits per heavy atom. The summed E-state index contributed by atoms with van der Waals surface area (Å²) in [5.41, 5.74) is 1.89. The van der Waals surface area contributed by atoms with E-state index in [0.717, 1.165) is 17.7 Å². The van der Waals surface area contributed by atoms with Gasteiger partial charge in [0.15, 0.2) is 11.6 Å².